The Labute approximate surface area is 187 Å². The Morgan fingerprint density at radius 1 is 1.03 bits per heavy atom. The molecule has 1 fully saturated rings. The fourth-order valence-electron chi connectivity index (χ4n) is 4.70. The van der Waals surface area contributed by atoms with Crippen LogP contribution in [0.1, 0.15) is 49.7 Å². The lowest BCUT2D eigenvalue weighted by Crippen LogP contribution is -2.52. The van der Waals surface area contributed by atoms with Gasteiger partial charge in [0, 0.05) is 18.4 Å². The molecule has 2 amide bonds. The van der Waals surface area contributed by atoms with E-state index in [1.807, 2.05) is 31.2 Å². The first-order chi connectivity index (χ1) is 15.5. The van der Waals surface area contributed by atoms with E-state index in [9.17, 15) is 14.4 Å². The molecule has 32 heavy (non-hydrogen) atoms. The highest BCUT2D eigenvalue weighted by Gasteiger charge is 2.34. The Bertz CT molecular complexity index is 969. The second-order valence-electron chi connectivity index (χ2n) is 8.57. The molecule has 0 saturated heterocycles. The third-order valence-electron chi connectivity index (χ3n) is 6.41. The molecule has 0 aromatic heterocycles. The molecule has 3 N–H and O–H groups in total. The minimum atomic E-state index is -0.817. The van der Waals surface area contributed by atoms with Crippen LogP contribution in [0.5, 0.6) is 0 Å². The summed E-state index contributed by atoms with van der Waals surface area (Å²) in [4.78, 5) is 35.7. The normalized spacial score (nSPS) is 19.8. The zero-order chi connectivity index (χ0) is 22.7. The molecule has 1 unspecified atom stereocenters. The van der Waals surface area contributed by atoms with E-state index < -0.39 is 18.1 Å². The number of carboxylic acids is 1. The molecule has 0 heterocycles. The summed E-state index contributed by atoms with van der Waals surface area (Å²) in [5, 5.41) is 14.4. The van der Waals surface area contributed by atoms with Gasteiger partial charge in [-0.3, -0.25) is 9.59 Å². The summed E-state index contributed by atoms with van der Waals surface area (Å²) in [5.41, 5.74) is 4.58. The lowest BCUT2D eigenvalue weighted by Gasteiger charge is -2.35. The first-order valence-electron chi connectivity index (χ1n) is 11.1. The number of fused-ring (bicyclic) bond motifs is 3. The zero-order valence-electron chi connectivity index (χ0n) is 18.0. The second-order valence-corrected chi connectivity index (χ2v) is 8.57. The number of hydrogen-bond donors (Lipinski definition) is 3. The largest absolute Gasteiger partial charge is 0.481 e. The van der Waals surface area contributed by atoms with Crippen LogP contribution in [0.25, 0.3) is 11.1 Å². The standard InChI is InChI=1S/C25H28N2O5/c1-2-22(24(30)26-16-11-15(12-16)13-23(28)29)27-25(31)32-14-21-19-9-5-3-7-17(19)18-8-4-6-10-20(18)21/h3-10,15-16,21-22H,2,11-14H2,1H3,(H,26,30)(H,27,31)(H,28,29). The highest BCUT2D eigenvalue weighted by atomic mass is 16.5. The van der Waals surface area contributed by atoms with Crippen molar-refractivity contribution in [3.05, 3.63) is 59.7 Å². The lowest BCUT2D eigenvalue weighted by molar-refractivity contribution is -0.139. The SMILES string of the molecule is CCC(NC(=O)OCC1c2ccccc2-c2ccccc21)C(=O)NC1CC(CC(=O)O)C1. The van der Waals surface area contributed by atoms with Gasteiger partial charge in [-0.25, -0.2) is 4.79 Å². The van der Waals surface area contributed by atoms with Crippen LogP contribution in [0.2, 0.25) is 0 Å². The maximum absolute atomic E-state index is 12.5. The van der Waals surface area contributed by atoms with E-state index in [1.165, 1.54) is 0 Å². The van der Waals surface area contributed by atoms with E-state index in [2.05, 4.69) is 34.9 Å². The molecule has 2 aliphatic carbocycles. The van der Waals surface area contributed by atoms with Gasteiger partial charge in [0.2, 0.25) is 5.91 Å². The number of hydrogen-bond acceptors (Lipinski definition) is 4. The predicted octanol–water partition coefficient (Wildman–Crippen LogP) is 3.67. The van der Waals surface area contributed by atoms with Crippen molar-refractivity contribution >= 4 is 18.0 Å². The van der Waals surface area contributed by atoms with Crippen molar-refractivity contribution < 1.29 is 24.2 Å². The number of amides is 2. The Balaban J connectivity index is 1.30. The quantitative estimate of drug-likeness (QED) is 0.586. The van der Waals surface area contributed by atoms with Crippen LogP contribution in [-0.2, 0) is 14.3 Å². The van der Waals surface area contributed by atoms with Crippen molar-refractivity contribution in [3.8, 4) is 11.1 Å². The van der Waals surface area contributed by atoms with Gasteiger partial charge in [0.1, 0.15) is 12.6 Å². The zero-order valence-corrected chi connectivity index (χ0v) is 18.0. The Kier molecular flexibility index (Phi) is 6.44. The fraction of sp³-hybridized carbons (Fsp3) is 0.400. The van der Waals surface area contributed by atoms with E-state index in [-0.39, 0.29) is 36.8 Å². The van der Waals surface area contributed by atoms with Gasteiger partial charge in [0.05, 0.1) is 0 Å². The smallest absolute Gasteiger partial charge is 0.407 e. The third kappa shape index (κ3) is 4.61. The Hall–Kier alpha value is -3.35. The van der Waals surface area contributed by atoms with E-state index >= 15 is 0 Å². The van der Waals surface area contributed by atoms with Crippen molar-refractivity contribution in [1.82, 2.24) is 10.6 Å². The summed E-state index contributed by atoms with van der Waals surface area (Å²) in [6.07, 6.45) is 1.24. The van der Waals surface area contributed by atoms with Gasteiger partial charge in [0.25, 0.3) is 0 Å². The number of nitrogens with one attached hydrogen (secondary N) is 2. The van der Waals surface area contributed by atoms with E-state index in [1.54, 1.807) is 0 Å². The van der Waals surface area contributed by atoms with Crippen LogP contribution >= 0.6 is 0 Å². The lowest BCUT2D eigenvalue weighted by atomic mass is 9.78. The first kappa shape index (κ1) is 21.9. The van der Waals surface area contributed by atoms with Gasteiger partial charge in [0.15, 0.2) is 0 Å². The summed E-state index contributed by atoms with van der Waals surface area (Å²) in [5.74, 6) is -1.01. The van der Waals surface area contributed by atoms with Crippen molar-refractivity contribution in [2.75, 3.05) is 6.61 Å². The molecule has 2 aliphatic rings. The van der Waals surface area contributed by atoms with E-state index in [0.717, 1.165) is 22.3 Å². The molecule has 168 valence electrons. The molecule has 0 bridgehead atoms. The molecule has 7 heteroatoms. The van der Waals surface area contributed by atoms with Gasteiger partial charge < -0.3 is 20.5 Å². The van der Waals surface area contributed by atoms with Gasteiger partial charge in [-0.2, -0.15) is 0 Å². The number of aliphatic carboxylic acids is 1. The number of rotatable bonds is 8. The molecule has 7 nitrogen and oxygen atoms in total. The molecule has 0 aliphatic heterocycles. The Morgan fingerprint density at radius 2 is 1.62 bits per heavy atom. The minimum absolute atomic E-state index is 0.0368. The molecule has 1 saturated carbocycles. The summed E-state index contributed by atoms with van der Waals surface area (Å²) in [6.45, 7) is 2.01. The maximum atomic E-state index is 12.5. The van der Waals surface area contributed by atoms with Crippen molar-refractivity contribution in [2.45, 2.75) is 50.6 Å². The van der Waals surface area contributed by atoms with Crippen LogP contribution in [-0.4, -0.2) is 41.8 Å². The number of benzene rings is 2. The van der Waals surface area contributed by atoms with Crippen molar-refractivity contribution in [3.63, 3.8) is 0 Å². The molecule has 4 rings (SSSR count). The van der Waals surface area contributed by atoms with Crippen molar-refractivity contribution in [1.29, 1.82) is 0 Å². The van der Waals surface area contributed by atoms with Crippen LogP contribution in [0.3, 0.4) is 0 Å². The van der Waals surface area contributed by atoms with E-state index in [0.29, 0.717) is 19.3 Å². The number of carbonyl (C=O) groups is 3. The van der Waals surface area contributed by atoms with Gasteiger partial charge in [-0.05, 0) is 47.4 Å². The molecular weight excluding hydrogens is 408 g/mol. The maximum Gasteiger partial charge on any atom is 0.407 e. The summed E-state index contributed by atoms with van der Waals surface area (Å²) in [7, 11) is 0. The van der Waals surface area contributed by atoms with Gasteiger partial charge >= 0.3 is 12.1 Å². The molecule has 2 aromatic rings. The average Bonchev–Trinajstić information content (AvgIpc) is 3.08. The number of carbonyl (C=O) groups excluding carboxylic acids is 2. The summed E-state index contributed by atoms with van der Waals surface area (Å²) in [6, 6.07) is 15.5. The van der Waals surface area contributed by atoms with Crippen LogP contribution in [0.15, 0.2) is 48.5 Å². The monoisotopic (exact) mass is 436 g/mol. The topological polar surface area (TPSA) is 105 Å². The first-order valence-corrected chi connectivity index (χ1v) is 11.1. The van der Waals surface area contributed by atoms with Crippen molar-refractivity contribution in [2.24, 2.45) is 5.92 Å². The third-order valence-corrected chi connectivity index (χ3v) is 6.41. The van der Waals surface area contributed by atoms with Crippen LogP contribution in [0, 0.1) is 5.92 Å². The van der Waals surface area contributed by atoms with Crippen LogP contribution in [0.4, 0.5) is 4.79 Å². The van der Waals surface area contributed by atoms with Gasteiger partial charge in [-0.15, -0.1) is 0 Å². The Morgan fingerprint density at radius 3 is 2.19 bits per heavy atom. The highest BCUT2D eigenvalue weighted by molar-refractivity contribution is 5.86. The molecule has 0 radical (unpaired) electrons. The average molecular weight is 437 g/mol. The molecule has 1 atom stereocenters. The molecule has 0 spiro atoms. The summed E-state index contributed by atoms with van der Waals surface area (Å²) < 4.78 is 5.53. The van der Waals surface area contributed by atoms with E-state index in [4.69, 9.17) is 9.84 Å². The molecular formula is C25H28N2O5. The molecule has 2 aromatic carbocycles. The number of ether oxygens (including phenoxy) is 1. The van der Waals surface area contributed by atoms with Gasteiger partial charge in [-0.1, -0.05) is 55.5 Å². The second kappa shape index (κ2) is 9.42. The highest BCUT2D eigenvalue weighted by Crippen LogP contribution is 2.44. The summed E-state index contributed by atoms with van der Waals surface area (Å²) >= 11 is 0. The fourth-order valence-corrected chi connectivity index (χ4v) is 4.70. The number of carboxylic acid groups (broad SMARTS) is 1. The predicted molar refractivity (Wildman–Crippen MR) is 119 cm³/mol. The minimum Gasteiger partial charge on any atom is -0.481 e. The number of alkyl carbamates (subject to hydrolysis) is 1. The van der Waals surface area contributed by atoms with Crippen LogP contribution < -0.4 is 10.6 Å².